The van der Waals surface area contributed by atoms with Crippen molar-refractivity contribution >= 4 is 5.91 Å². The van der Waals surface area contributed by atoms with Crippen LogP contribution in [0.15, 0.2) is 30.3 Å². The lowest BCUT2D eigenvalue weighted by atomic mass is 10.1. The normalized spacial score (nSPS) is 12.2. The first kappa shape index (κ1) is 17.0. The fourth-order valence-corrected chi connectivity index (χ4v) is 2.25. The van der Waals surface area contributed by atoms with Crippen LogP contribution in [0.1, 0.15) is 41.7 Å². The predicted molar refractivity (Wildman–Crippen MR) is 87.4 cm³/mol. The highest BCUT2D eigenvalue weighted by Crippen LogP contribution is 2.17. The summed E-state index contributed by atoms with van der Waals surface area (Å²) in [6, 6.07) is 8.82. The zero-order chi connectivity index (χ0) is 16.8. The highest BCUT2D eigenvalue weighted by Gasteiger charge is 2.14. The van der Waals surface area contributed by atoms with E-state index in [9.17, 15) is 9.90 Å². The molecule has 0 spiro atoms. The number of hydrogen-bond donors (Lipinski definition) is 3. The number of aromatic amines is 1. The van der Waals surface area contributed by atoms with Gasteiger partial charge in [0.1, 0.15) is 11.4 Å². The maximum atomic E-state index is 12.1. The first-order chi connectivity index (χ1) is 11.0. The summed E-state index contributed by atoms with van der Waals surface area (Å²) in [4.78, 5) is 12.1. The number of carbonyl (C=O) groups excluding carboxylic acids is 1. The molecule has 1 atom stereocenters. The van der Waals surface area contributed by atoms with Crippen molar-refractivity contribution in [2.24, 2.45) is 5.92 Å². The summed E-state index contributed by atoms with van der Waals surface area (Å²) in [6.45, 7) is 4.33. The second-order valence-corrected chi connectivity index (χ2v) is 5.88. The van der Waals surface area contributed by atoms with Crippen LogP contribution < -0.4 is 10.1 Å². The maximum absolute atomic E-state index is 12.1. The van der Waals surface area contributed by atoms with Gasteiger partial charge in [-0.05, 0) is 36.1 Å². The van der Waals surface area contributed by atoms with Gasteiger partial charge in [-0.1, -0.05) is 26.0 Å². The molecule has 1 unspecified atom stereocenters. The lowest BCUT2D eigenvalue weighted by Gasteiger charge is -2.12. The standard InChI is InChI=1S/C17H23N3O3/c1-11(2)8-13-9-15(20-19-13)17(22)18-10-16(21)12-4-6-14(23-3)7-5-12/h4-7,9,11,16,21H,8,10H2,1-3H3,(H,18,22)(H,19,20). The highest BCUT2D eigenvalue weighted by molar-refractivity contribution is 5.92. The molecular formula is C17H23N3O3. The van der Waals surface area contributed by atoms with Gasteiger partial charge in [-0.25, -0.2) is 0 Å². The molecule has 1 aromatic heterocycles. The molecule has 0 aliphatic carbocycles. The van der Waals surface area contributed by atoms with E-state index < -0.39 is 6.10 Å². The summed E-state index contributed by atoms with van der Waals surface area (Å²) in [5, 5.41) is 19.7. The van der Waals surface area contributed by atoms with Crippen molar-refractivity contribution in [3.05, 3.63) is 47.3 Å². The van der Waals surface area contributed by atoms with Gasteiger partial charge in [-0.3, -0.25) is 9.89 Å². The Morgan fingerprint density at radius 3 is 2.65 bits per heavy atom. The summed E-state index contributed by atoms with van der Waals surface area (Å²) >= 11 is 0. The minimum Gasteiger partial charge on any atom is -0.497 e. The number of aromatic nitrogens is 2. The van der Waals surface area contributed by atoms with Crippen molar-refractivity contribution in [2.75, 3.05) is 13.7 Å². The van der Waals surface area contributed by atoms with E-state index >= 15 is 0 Å². The Kier molecular flexibility index (Phi) is 5.76. The SMILES string of the molecule is COc1ccc(C(O)CNC(=O)c2cc(CC(C)C)[nH]n2)cc1. The zero-order valence-corrected chi connectivity index (χ0v) is 13.7. The van der Waals surface area contributed by atoms with Crippen LogP contribution in [0.25, 0.3) is 0 Å². The molecule has 1 amide bonds. The number of H-pyrrole nitrogens is 1. The van der Waals surface area contributed by atoms with Crippen LogP contribution in [0.5, 0.6) is 5.75 Å². The fraction of sp³-hybridized carbons (Fsp3) is 0.412. The molecule has 0 radical (unpaired) electrons. The molecule has 6 nitrogen and oxygen atoms in total. The Labute approximate surface area is 135 Å². The monoisotopic (exact) mass is 317 g/mol. The van der Waals surface area contributed by atoms with Crippen LogP contribution in [0.2, 0.25) is 0 Å². The molecule has 0 aliphatic heterocycles. The Morgan fingerprint density at radius 2 is 2.04 bits per heavy atom. The molecule has 2 aromatic rings. The highest BCUT2D eigenvalue weighted by atomic mass is 16.5. The number of methoxy groups -OCH3 is 1. The Balaban J connectivity index is 1.88. The van der Waals surface area contributed by atoms with Gasteiger partial charge >= 0.3 is 0 Å². The van der Waals surface area contributed by atoms with Crippen LogP contribution in [-0.2, 0) is 6.42 Å². The number of ether oxygens (including phenoxy) is 1. The van der Waals surface area contributed by atoms with Gasteiger partial charge < -0.3 is 15.2 Å². The second-order valence-electron chi connectivity index (χ2n) is 5.88. The lowest BCUT2D eigenvalue weighted by molar-refractivity contribution is 0.0911. The first-order valence-electron chi connectivity index (χ1n) is 7.64. The largest absolute Gasteiger partial charge is 0.497 e. The molecule has 0 aliphatic rings. The third-order valence-electron chi connectivity index (χ3n) is 3.45. The van der Waals surface area contributed by atoms with Gasteiger partial charge in [-0.2, -0.15) is 5.10 Å². The van der Waals surface area contributed by atoms with Crippen molar-refractivity contribution < 1.29 is 14.6 Å². The number of rotatable bonds is 7. The average Bonchev–Trinajstić information content (AvgIpc) is 3.00. The third-order valence-corrected chi connectivity index (χ3v) is 3.45. The summed E-state index contributed by atoms with van der Waals surface area (Å²) in [5.74, 6) is 0.909. The van der Waals surface area contributed by atoms with Crippen molar-refractivity contribution in [1.82, 2.24) is 15.5 Å². The third kappa shape index (κ3) is 4.82. The number of benzene rings is 1. The summed E-state index contributed by atoms with van der Waals surface area (Å²) in [5.41, 5.74) is 1.98. The Bertz CT molecular complexity index is 635. The lowest BCUT2D eigenvalue weighted by Crippen LogP contribution is -2.28. The predicted octanol–water partition coefficient (Wildman–Crippen LogP) is 2.08. The van der Waals surface area contributed by atoms with Gasteiger partial charge in [0.05, 0.1) is 13.2 Å². The minimum absolute atomic E-state index is 0.123. The number of amides is 1. The number of nitrogens with zero attached hydrogens (tertiary/aromatic N) is 1. The van der Waals surface area contributed by atoms with E-state index in [4.69, 9.17) is 4.74 Å². The minimum atomic E-state index is -0.779. The number of hydrogen-bond acceptors (Lipinski definition) is 4. The van der Waals surface area contributed by atoms with Crippen LogP contribution in [-0.4, -0.2) is 34.9 Å². The molecule has 6 heteroatoms. The molecule has 0 saturated heterocycles. The molecule has 2 rings (SSSR count). The smallest absolute Gasteiger partial charge is 0.271 e. The number of nitrogens with one attached hydrogen (secondary N) is 2. The van der Waals surface area contributed by atoms with Crippen LogP contribution >= 0.6 is 0 Å². The second kappa shape index (κ2) is 7.78. The molecule has 1 aromatic carbocycles. The first-order valence-corrected chi connectivity index (χ1v) is 7.64. The summed E-state index contributed by atoms with van der Waals surface area (Å²) in [6.07, 6.45) is 0.0633. The van der Waals surface area contributed by atoms with Gasteiger partial charge in [0.25, 0.3) is 5.91 Å². The molecule has 1 heterocycles. The summed E-state index contributed by atoms with van der Waals surface area (Å²) in [7, 11) is 1.59. The zero-order valence-electron chi connectivity index (χ0n) is 13.7. The van der Waals surface area contributed by atoms with E-state index in [-0.39, 0.29) is 12.5 Å². The Hall–Kier alpha value is -2.34. The number of aliphatic hydroxyl groups is 1. The topological polar surface area (TPSA) is 87.2 Å². The van der Waals surface area contributed by atoms with E-state index in [0.29, 0.717) is 17.2 Å². The number of aliphatic hydroxyl groups excluding tert-OH is 1. The Morgan fingerprint density at radius 1 is 1.35 bits per heavy atom. The van der Waals surface area contributed by atoms with Gasteiger partial charge in [-0.15, -0.1) is 0 Å². The summed E-state index contributed by atoms with van der Waals surface area (Å²) < 4.78 is 5.07. The quantitative estimate of drug-likeness (QED) is 0.729. The number of carbonyl (C=O) groups is 1. The molecule has 23 heavy (non-hydrogen) atoms. The molecule has 3 N–H and O–H groups in total. The average molecular weight is 317 g/mol. The van der Waals surface area contributed by atoms with Gasteiger partial charge in [0.2, 0.25) is 0 Å². The van der Waals surface area contributed by atoms with E-state index in [1.165, 1.54) is 0 Å². The molecular weight excluding hydrogens is 294 g/mol. The van der Waals surface area contributed by atoms with E-state index in [1.807, 2.05) is 0 Å². The van der Waals surface area contributed by atoms with Crippen LogP contribution in [0.4, 0.5) is 0 Å². The van der Waals surface area contributed by atoms with Crippen molar-refractivity contribution in [2.45, 2.75) is 26.4 Å². The molecule has 124 valence electrons. The maximum Gasteiger partial charge on any atom is 0.271 e. The fourth-order valence-electron chi connectivity index (χ4n) is 2.25. The van der Waals surface area contributed by atoms with Crippen LogP contribution in [0.3, 0.4) is 0 Å². The van der Waals surface area contributed by atoms with Crippen LogP contribution in [0, 0.1) is 5.92 Å². The van der Waals surface area contributed by atoms with E-state index in [2.05, 4.69) is 29.4 Å². The van der Waals surface area contributed by atoms with E-state index in [0.717, 1.165) is 17.9 Å². The van der Waals surface area contributed by atoms with Crippen molar-refractivity contribution in [1.29, 1.82) is 0 Å². The molecule has 0 saturated carbocycles. The van der Waals surface area contributed by atoms with Gasteiger partial charge in [0.15, 0.2) is 0 Å². The van der Waals surface area contributed by atoms with E-state index in [1.54, 1.807) is 37.4 Å². The molecule has 0 fully saturated rings. The van der Waals surface area contributed by atoms with Gasteiger partial charge in [0, 0.05) is 12.2 Å². The van der Waals surface area contributed by atoms with Crippen molar-refractivity contribution in [3.63, 3.8) is 0 Å². The van der Waals surface area contributed by atoms with Crippen molar-refractivity contribution in [3.8, 4) is 5.75 Å². The molecule has 0 bridgehead atoms.